The zero-order chi connectivity index (χ0) is 24.2. The number of allylic oxidation sites excluding steroid dienone is 2. The molecule has 5 heteroatoms. The van der Waals surface area contributed by atoms with Crippen molar-refractivity contribution >= 4 is 18.4 Å². The maximum absolute atomic E-state index is 12.4. The number of hydrogen-bond acceptors (Lipinski definition) is 5. The summed E-state index contributed by atoms with van der Waals surface area (Å²) in [5.41, 5.74) is 4.15. The van der Waals surface area contributed by atoms with Gasteiger partial charge in [-0.1, -0.05) is 60.7 Å². The van der Waals surface area contributed by atoms with Crippen molar-refractivity contribution in [3.05, 3.63) is 96.3 Å². The molecule has 2 N–H and O–H groups in total. The first kappa shape index (κ1) is 26.1. The second-order valence-electron chi connectivity index (χ2n) is 8.77. The molecule has 0 saturated heterocycles. The second kappa shape index (κ2) is 13.4. The number of hydrogen-bond donors (Lipinski definition) is 3. The van der Waals surface area contributed by atoms with E-state index in [0.717, 1.165) is 24.2 Å². The zero-order valence-electron chi connectivity index (χ0n) is 19.4. The van der Waals surface area contributed by atoms with Gasteiger partial charge in [-0.25, -0.2) is 0 Å². The van der Waals surface area contributed by atoms with E-state index in [1.807, 2.05) is 66.7 Å². The van der Waals surface area contributed by atoms with Gasteiger partial charge >= 0.3 is 0 Å². The van der Waals surface area contributed by atoms with Crippen LogP contribution in [0.2, 0.25) is 0 Å². The van der Waals surface area contributed by atoms with Crippen molar-refractivity contribution < 1.29 is 19.7 Å². The number of benzene rings is 2. The van der Waals surface area contributed by atoms with Crippen molar-refractivity contribution in [2.24, 2.45) is 17.8 Å². The SMILES string of the molecule is O=C1CC[C@H](/C=C/CCOc2ccccc2)[C@H]1CC=C=CCC(Cc1ccccc1)C(O)(O)S. The lowest BCUT2D eigenvalue weighted by atomic mass is 9.91. The molecule has 180 valence electrons. The minimum Gasteiger partial charge on any atom is -0.493 e. The summed E-state index contributed by atoms with van der Waals surface area (Å²) in [6.45, 7) is 0.612. The summed E-state index contributed by atoms with van der Waals surface area (Å²) in [5.74, 6) is 0.918. The number of Topliss-reactive ketones (excluding diaryl/α,β-unsaturated/α-hetero) is 1. The average Bonchev–Trinajstić information content (AvgIpc) is 3.17. The molecule has 0 spiro atoms. The van der Waals surface area contributed by atoms with Crippen LogP contribution in [-0.2, 0) is 11.2 Å². The number of rotatable bonds is 12. The third-order valence-corrected chi connectivity index (χ3v) is 6.58. The van der Waals surface area contributed by atoms with Crippen molar-refractivity contribution in [1.82, 2.24) is 0 Å². The predicted octanol–water partition coefficient (Wildman–Crippen LogP) is 5.53. The fraction of sp³-hybridized carbons (Fsp3) is 0.379. The van der Waals surface area contributed by atoms with Gasteiger partial charge in [0.05, 0.1) is 6.61 Å². The van der Waals surface area contributed by atoms with Crippen LogP contribution in [0.4, 0.5) is 0 Å². The van der Waals surface area contributed by atoms with Gasteiger partial charge < -0.3 is 14.9 Å². The molecule has 4 nitrogen and oxygen atoms in total. The first-order valence-electron chi connectivity index (χ1n) is 11.9. The van der Waals surface area contributed by atoms with Gasteiger partial charge in [0.2, 0.25) is 5.12 Å². The summed E-state index contributed by atoms with van der Waals surface area (Å²) < 4.78 is 5.71. The molecule has 0 heterocycles. The van der Waals surface area contributed by atoms with E-state index in [9.17, 15) is 15.0 Å². The van der Waals surface area contributed by atoms with E-state index in [-0.39, 0.29) is 11.8 Å². The van der Waals surface area contributed by atoms with Crippen LogP contribution in [-0.4, -0.2) is 27.7 Å². The molecule has 2 aromatic rings. The molecule has 0 radical (unpaired) electrons. The van der Waals surface area contributed by atoms with E-state index in [1.54, 1.807) is 6.08 Å². The molecule has 3 atom stereocenters. The number of carbonyl (C=O) groups excluding carboxylic acids is 1. The lowest BCUT2D eigenvalue weighted by Crippen LogP contribution is -2.32. The van der Waals surface area contributed by atoms with Crippen molar-refractivity contribution in [1.29, 1.82) is 0 Å². The Balaban J connectivity index is 1.47. The third kappa shape index (κ3) is 8.66. The summed E-state index contributed by atoms with van der Waals surface area (Å²) in [4.78, 5) is 12.4. The zero-order valence-corrected chi connectivity index (χ0v) is 20.3. The fourth-order valence-electron chi connectivity index (χ4n) is 4.27. The van der Waals surface area contributed by atoms with E-state index in [0.29, 0.717) is 38.1 Å². The summed E-state index contributed by atoms with van der Waals surface area (Å²) in [7, 11) is 0. The van der Waals surface area contributed by atoms with Crippen LogP contribution in [0.25, 0.3) is 0 Å². The molecule has 1 aliphatic carbocycles. The molecular weight excluding hydrogens is 444 g/mol. The summed E-state index contributed by atoms with van der Waals surface area (Å²) in [5, 5.41) is 18.0. The molecule has 1 unspecified atom stereocenters. The molecular formula is C29H34O4S. The van der Waals surface area contributed by atoms with Gasteiger partial charge in [0, 0.05) is 18.3 Å². The van der Waals surface area contributed by atoms with Gasteiger partial charge in [-0.2, -0.15) is 0 Å². The first-order valence-corrected chi connectivity index (χ1v) is 12.4. The van der Waals surface area contributed by atoms with E-state index >= 15 is 0 Å². The smallest absolute Gasteiger partial charge is 0.213 e. The number of ketones is 1. The Bertz CT molecular complexity index is 972. The van der Waals surface area contributed by atoms with Crippen molar-refractivity contribution in [3.8, 4) is 5.75 Å². The largest absolute Gasteiger partial charge is 0.493 e. The maximum atomic E-state index is 12.4. The Hall–Kier alpha value is -2.56. The molecule has 0 amide bonds. The molecule has 0 aromatic heterocycles. The van der Waals surface area contributed by atoms with E-state index in [4.69, 9.17) is 4.74 Å². The van der Waals surface area contributed by atoms with Crippen LogP contribution in [0.1, 0.15) is 37.7 Å². The highest BCUT2D eigenvalue weighted by Crippen LogP contribution is 2.33. The van der Waals surface area contributed by atoms with Crippen LogP contribution in [0, 0.1) is 17.8 Å². The number of ether oxygens (including phenoxy) is 1. The van der Waals surface area contributed by atoms with Gasteiger partial charge in [-0.15, -0.1) is 18.4 Å². The predicted molar refractivity (Wildman–Crippen MR) is 139 cm³/mol. The van der Waals surface area contributed by atoms with Gasteiger partial charge in [0.1, 0.15) is 11.5 Å². The third-order valence-electron chi connectivity index (χ3n) is 6.22. The Labute approximate surface area is 208 Å². The molecule has 0 bridgehead atoms. The van der Waals surface area contributed by atoms with Gasteiger partial charge in [-0.3, -0.25) is 4.79 Å². The molecule has 1 aliphatic rings. The van der Waals surface area contributed by atoms with Crippen LogP contribution in [0.5, 0.6) is 5.75 Å². The second-order valence-corrected chi connectivity index (χ2v) is 9.43. The highest BCUT2D eigenvalue weighted by molar-refractivity contribution is 7.81. The number of aliphatic hydroxyl groups is 2. The van der Waals surface area contributed by atoms with Gasteiger partial charge in [0.25, 0.3) is 0 Å². The first-order chi connectivity index (χ1) is 16.4. The number of carbonyl (C=O) groups is 1. The molecule has 1 fully saturated rings. The number of para-hydroxylation sites is 1. The average molecular weight is 479 g/mol. The van der Waals surface area contributed by atoms with Crippen LogP contribution >= 0.6 is 12.6 Å². The fourth-order valence-corrected chi connectivity index (χ4v) is 4.47. The van der Waals surface area contributed by atoms with E-state index in [2.05, 4.69) is 30.5 Å². The summed E-state index contributed by atoms with van der Waals surface area (Å²) in [6, 6.07) is 19.4. The monoisotopic (exact) mass is 478 g/mol. The van der Waals surface area contributed by atoms with Crippen molar-refractivity contribution in [2.45, 2.75) is 43.6 Å². The van der Waals surface area contributed by atoms with Gasteiger partial charge in [-0.05, 0) is 67.9 Å². The topological polar surface area (TPSA) is 66.8 Å². The standard InChI is InChI=1S/C29H34O4S/c30-28-20-19-24(14-10-11-21-33-26-16-7-3-8-17-26)27(28)18-9-2-6-15-25(29(31,32)34)22-23-12-4-1-5-13-23/h1,3-10,12-14,16-17,24-25,27,31-32,34H,11,15,18-22H2/b14-10+/t2?,24-,25?,27+/m0/s1. The van der Waals surface area contributed by atoms with E-state index < -0.39 is 11.0 Å². The Morgan fingerprint density at radius 2 is 1.79 bits per heavy atom. The van der Waals surface area contributed by atoms with Crippen LogP contribution < -0.4 is 4.74 Å². The summed E-state index contributed by atoms with van der Waals surface area (Å²) >= 11 is 3.96. The van der Waals surface area contributed by atoms with Crippen LogP contribution in [0.3, 0.4) is 0 Å². The van der Waals surface area contributed by atoms with Crippen molar-refractivity contribution in [2.75, 3.05) is 6.61 Å². The van der Waals surface area contributed by atoms with Crippen molar-refractivity contribution in [3.63, 3.8) is 0 Å². The highest BCUT2D eigenvalue weighted by Gasteiger charge is 2.32. The van der Waals surface area contributed by atoms with Crippen LogP contribution in [0.15, 0.2) is 90.7 Å². The molecule has 1 saturated carbocycles. The minimum absolute atomic E-state index is 0.0213. The molecule has 34 heavy (non-hydrogen) atoms. The normalized spacial score (nSPS) is 19.1. The Kier molecular flexibility index (Phi) is 10.2. The summed E-state index contributed by atoms with van der Waals surface area (Å²) in [6.07, 6.45) is 11.8. The quantitative estimate of drug-likeness (QED) is 0.123. The highest BCUT2D eigenvalue weighted by atomic mass is 32.1. The minimum atomic E-state index is -2.07. The lowest BCUT2D eigenvalue weighted by molar-refractivity contribution is -0.121. The Morgan fingerprint density at radius 1 is 1.09 bits per heavy atom. The van der Waals surface area contributed by atoms with E-state index in [1.165, 1.54) is 0 Å². The number of thiol groups is 1. The van der Waals surface area contributed by atoms with Gasteiger partial charge in [0.15, 0.2) is 0 Å². The maximum Gasteiger partial charge on any atom is 0.213 e. The lowest BCUT2D eigenvalue weighted by Gasteiger charge is -2.25. The molecule has 3 rings (SSSR count). The molecule has 2 aromatic carbocycles. The molecule has 0 aliphatic heterocycles. The Morgan fingerprint density at radius 3 is 2.50 bits per heavy atom.